The summed E-state index contributed by atoms with van der Waals surface area (Å²) in [6.07, 6.45) is 1.22. The van der Waals surface area contributed by atoms with E-state index in [1.807, 2.05) is 12.1 Å². The van der Waals surface area contributed by atoms with Crippen molar-refractivity contribution in [2.75, 3.05) is 7.05 Å². The molecule has 72 valence electrons. The molecule has 0 bridgehead atoms. The van der Waals surface area contributed by atoms with E-state index >= 15 is 0 Å². The number of rotatable bonds is 4. The van der Waals surface area contributed by atoms with Gasteiger partial charge in [-0.25, -0.2) is 5.43 Å². The second-order valence-electron chi connectivity index (χ2n) is 2.50. The summed E-state index contributed by atoms with van der Waals surface area (Å²) in [5.74, 6) is -0.00739. The first-order chi connectivity index (χ1) is 6.22. The third-order valence-electron chi connectivity index (χ3n) is 1.49. The van der Waals surface area contributed by atoms with Crippen LogP contribution < -0.4 is 10.9 Å². The Kier molecular flexibility index (Phi) is 4.21. The Morgan fingerprint density at radius 1 is 1.62 bits per heavy atom. The lowest BCUT2D eigenvalue weighted by Crippen LogP contribution is -2.34. The summed E-state index contributed by atoms with van der Waals surface area (Å²) < 4.78 is 0.768. The van der Waals surface area contributed by atoms with E-state index in [4.69, 9.17) is 11.6 Å². The van der Waals surface area contributed by atoms with E-state index in [9.17, 15) is 4.79 Å². The number of aryl methyl sites for hydroxylation is 1. The van der Waals surface area contributed by atoms with Crippen LogP contribution in [0.4, 0.5) is 0 Å². The van der Waals surface area contributed by atoms with Gasteiger partial charge in [0.2, 0.25) is 5.91 Å². The molecule has 1 amide bonds. The van der Waals surface area contributed by atoms with E-state index in [1.165, 1.54) is 11.3 Å². The van der Waals surface area contributed by atoms with Crippen molar-refractivity contribution in [1.82, 2.24) is 10.9 Å². The first-order valence-electron chi connectivity index (χ1n) is 3.92. The van der Waals surface area contributed by atoms with E-state index in [0.29, 0.717) is 6.42 Å². The SMILES string of the molecule is CNNC(=O)CCc1ccc(Cl)s1. The number of carbonyl (C=O) groups is 1. The Morgan fingerprint density at radius 2 is 2.38 bits per heavy atom. The fraction of sp³-hybridized carbons (Fsp3) is 0.375. The average molecular weight is 219 g/mol. The maximum Gasteiger partial charge on any atom is 0.234 e. The van der Waals surface area contributed by atoms with Crippen molar-refractivity contribution in [3.05, 3.63) is 21.3 Å². The third-order valence-corrected chi connectivity index (χ3v) is 2.78. The molecular weight excluding hydrogens is 208 g/mol. The van der Waals surface area contributed by atoms with Crippen molar-refractivity contribution >= 4 is 28.8 Å². The highest BCUT2D eigenvalue weighted by Crippen LogP contribution is 2.22. The van der Waals surface area contributed by atoms with Crippen molar-refractivity contribution in [1.29, 1.82) is 0 Å². The van der Waals surface area contributed by atoms with E-state index in [2.05, 4.69) is 10.9 Å². The Balaban J connectivity index is 2.30. The van der Waals surface area contributed by atoms with Crippen LogP contribution in [-0.2, 0) is 11.2 Å². The summed E-state index contributed by atoms with van der Waals surface area (Å²) in [7, 11) is 1.67. The minimum atomic E-state index is -0.00739. The molecule has 0 saturated heterocycles. The molecule has 3 nitrogen and oxygen atoms in total. The molecule has 0 aliphatic carbocycles. The quantitative estimate of drug-likeness (QED) is 0.754. The first-order valence-corrected chi connectivity index (χ1v) is 5.11. The zero-order valence-electron chi connectivity index (χ0n) is 7.26. The molecule has 0 aliphatic heterocycles. The fourth-order valence-electron chi connectivity index (χ4n) is 0.925. The zero-order chi connectivity index (χ0) is 9.68. The molecule has 1 heterocycles. The van der Waals surface area contributed by atoms with Gasteiger partial charge in [0.05, 0.1) is 4.34 Å². The summed E-state index contributed by atoms with van der Waals surface area (Å²) in [6.45, 7) is 0. The predicted octanol–water partition coefficient (Wildman–Crippen LogP) is 1.58. The summed E-state index contributed by atoms with van der Waals surface area (Å²) >= 11 is 7.26. The van der Waals surface area contributed by atoms with Gasteiger partial charge in [0.15, 0.2) is 0 Å². The molecule has 0 radical (unpaired) electrons. The lowest BCUT2D eigenvalue weighted by atomic mass is 10.2. The number of carbonyl (C=O) groups excluding carboxylic acids is 1. The van der Waals surface area contributed by atoms with Gasteiger partial charge in [-0.15, -0.1) is 11.3 Å². The highest BCUT2D eigenvalue weighted by Gasteiger charge is 2.02. The number of halogens is 1. The summed E-state index contributed by atoms with van der Waals surface area (Å²) in [5.41, 5.74) is 5.09. The molecule has 0 fully saturated rings. The topological polar surface area (TPSA) is 41.1 Å². The predicted molar refractivity (Wildman–Crippen MR) is 54.9 cm³/mol. The Labute approximate surface area is 86.1 Å². The molecule has 2 N–H and O–H groups in total. The van der Waals surface area contributed by atoms with Gasteiger partial charge in [-0.05, 0) is 18.6 Å². The van der Waals surface area contributed by atoms with Crippen LogP contribution in [0.15, 0.2) is 12.1 Å². The van der Waals surface area contributed by atoms with E-state index in [-0.39, 0.29) is 5.91 Å². The first kappa shape index (κ1) is 10.5. The number of hydrazine groups is 1. The lowest BCUT2D eigenvalue weighted by Gasteiger charge is -2.00. The van der Waals surface area contributed by atoms with Gasteiger partial charge in [0.25, 0.3) is 0 Å². The number of amides is 1. The van der Waals surface area contributed by atoms with Gasteiger partial charge < -0.3 is 0 Å². The van der Waals surface area contributed by atoms with Crippen LogP contribution in [0.5, 0.6) is 0 Å². The van der Waals surface area contributed by atoms with Crippen LogP contribution in [0.2, 0.25) is 4.34 Å². The van der Waals surface area contributed by atoms with E-state index in [1.54, 1.807) is 7.05 Å². The van der Waals surface area contributed by atoms with E-state index in [0.717, 1.165) is 15.6 Å². The summed E-state index contributed by atoms with van der Waals surface area (Å²) in [5, 5.41) is 0. The second kappa shape index (κ2) is 5.21. The average Bonchev–Trinajstić information content (AvgIpc) is 2.49. The van der Waals surface area contributed by atoms with Gasteiger partial charge in [0.1, 0.15) is 0 Å². The largest absolute Gasteiger partial charge is 0.292 e. The molecular formula is C8H11ClN2OS. The maximum absolute atomic E-state index is 11.0. The third kappa shape index (κ3) is 3.76. The summed E-state index contributed by atoms with van der Waals surface area (Å²) in [6, 6.07) is 3.79. The monoisotopic (exact) mass is 218 g/mol. The van der Waals surface area contributed by atoms with Gasteiger partial charge in [-0.1, -0.05) is 11.6 Å². The molecule has 5 heteroatoms. The number of thiophene rings is 1. The Hall–Kier alpha value is -0.580. The van der Waals surface area contributed by atoms with E-state index < -0.39 is 0 Å². The minimum absolute atomic E-state index is 0.00739. The van der Waals surface area contributed by atoms with Gasteiger partial charge in [-0.2, -0.15) is 0 Å². The van der Waals surface area contributed by atoms with Crippen LogP contribution in [-0.4, -0.2) is 13.0 Å². The Bertz CT molecular complexity index is 287. The molecule has 0 atom stereocenters. The standard InChI is InChI=1S/C8H11ClN2OS/c1-10-11-8(12)5-3-6-2-4-7(9)13-6/h2,4,10H,3,5H2,1H3,(H,11,12). The van der Waals surface area contributed by atoms with Crippen LogP contribution in [0.3, 0.4) is 0 Å². The molecule has 1 aromatic rings. The van der Waals surface area contributed by atoms with Crippen LogP contribution in [0, 0.1) is 0 Å². The van der Waals surface area contributed by atoms with Crippen LogP contribution >= 0.6 is 22.9 Å². The maximum atomic E-state index is 11.0. The van der Waals surface area contributed by atoms with Crippen LogP contribution in [0.1, 0.15) is 11.3 Å². The molecule has 0 aliphatic rings. The second-order valence-corrected chi connectivity index (χ2v) is 4.30. The molecule has 0 unspecified atom stereocenters. The number of hydrogen-bond acceptors (Lipinski definition) is 3. The summed E-state index contributed by atoms with van der Waals surface area (Å²) in [4.78, 5) is 12.2. The molecule has 13 heavy (non-hydrogen) atoms. The smallest absolute Gasteiger partial charge is 0.234 e. The van der Waals surface area contributed by atoms with Crippen molar-refractivity contribution in [2.24, 2.45) is 0 Å². The molecule has 1 rings (SSSR count). The van der Waals surface area contributed by atoms with Gasteiger partial charge >= 0.3 is 0 Å². The molecule has 0 aromatic carbocycles. The normalized spacial score (nSPS) is 10.0. The van der Waals surface area contributed by atoms with Crippen molar-refractivity contribution < 1.29 is 4.79 Å². The van der Waals surface area contributed by atoms with Crippen molar-refractivity contribution in [3.8, 4) is 0 Å². The highest BCUT2D eigenvalue weighted by atomic mass is 35.5. The van der Waals surface area contributed by atoms with Crippen LogP contribution in [0.25, 0.3) is 0 Å². The highest BCUT2D eigenvalue weighted by molar-refractivity contribution is 7.16. The number of hydrogen-bond donors (Lipinski definition) is 2. The van der Waals surface area contributed by atoms with Crippen molar-refractivity contribution in [2.45, 2.75) is 12.8 Å². The molecule has 0 saturated carbocycles. The zero-order valence-corrected chi connectivity index (χ0v) is 8.84. The minimum Gasteiger partial charge on any atom is -0.292 e. The van der Waals surface area contributed by atoms with Gasteiger partial charge in [-0.3, -0.25) is 10.2 Å². The van der Waals surface area contributed by atoms with Gasteiger partial charge in [0, 0.05) is 18.3 Å². The molecule has 0 spiro atoms. The Morgan fingerprint density at radius 3 is 2.92 bits per heavy atom. The number of nitrogens with one attached hydrogen (secondary N) is 2. The lowest BCUT2D eigenvalue weighted by molar-refractivity contribution is -0.121. The molecule has 1 aromatic heterocycles. The van der Waals surface area contributed by atoms with Crippen molar-refractivity contribution in [3.63, 3.8) is 0 Å². The fourth-order valence-corrected chi connectivity index (χ4v) is 2.01.